The van der Waals surface area contributed by atoms with Gasteiger partial charge in [-0.05, 0) is 86.0 Å². The summed E-state index contributed by atoms with van der Waals surface area (Å²) in [5.74, 6) is -0.100. The van der Waals surface area contributed by atoms with Crippen LogP contribution in [0.3, 0.4) is 0 Å². The summed E-state index contributed by atoms with van der Waals surface area (Å²) >= 11 is 0. The number of phenols is 1. The molecule has 4 aromatic carbocycles. The lowest BCUT2D eigenvalue weighted by molar-refractivity contribution is -0.148. The zero-order valence-corrected chi connectivity index (χ0v) is 29.8. The fraction of sp³-hybridized carbons (Fsp3) is 0.293. The highest BCUT2D eigenvalue weighted by Gasteiger charge is 2.25. The number of hydrogen-bond acceptors (Lipinski definition) is 8. The molecule has 274 valence electrons. The SMILES string of the molecule is CC(=O)N(F)C(c1ccccc1)c1cccc(OCc2ccc(C=O)cc2)c1.CCN(C)CCCCNCC(O)c1ccc(O)c2[nH]c(=O)ccc12. The number of aromatic amines is 1. The Morgan fingerprint density at radius 3 is 2.38 bits per heavy atom. The molecule has 52 heavy (non-hydrogen) atoms. The highest BCUT2D eigenvalue weighted by molar-refractivity contribution is 5.87. The van der Waals surface area contributed by atoms with E-state index in [0.29, 0.717) is 52.1 Å². The summed E-state index contributed by atoms with van der Waals surface area (Å²) in [6, 6.07) is 28.5. The molecule has 2 unspecified atom stereocenters. The van der Waals surface area contributed by atoms with Gasteiger partial charge in [-0.2, -0.15) is 5.12 Å². The molecule has 0 aliphatic carbocycles. The average Bonchev–Trinajstić information content (AvgIpc) is 3.16. The fourth-order valence-corrected chi connectivity index (χ4v) is 5.59. The number of amides is 1. The molecule has 1 amide bonds. The molecule has 10 nitrogen and oxygen atoms in total. The quantitative estimate of drug-likeness (QED) is 0.0519. The van der Waals surface area contributed by atoms with Crippen LogP contribution in [-0.4, -0.2) is 70.6 Å². The molecule has 1 aromatic heterocycles. The molecule has 0 bridgehead atoms. The van der Waals surface area contributed by atoms with Gasteiger partial charge in [-0.1, -0.05) is 84.2 Å². The number of ether oxygens (including phenoxy) is 1. The van der Waals surface area contributed by atoms with Crippen LogP contribution in [0.5, 0.6) is 11.5 Å². The van der Waals surface area contributed by atoms with E-state index in [2.05, 4.69) is 29.2 Å². The van der Waals surface area contributed by atoms with E-state index in [4.69, 9.17) is 4.74 Å². The second kappa shape index (κ2) is 19.9. The van der Waals surface area contributed by atoms with E-state index in [1.807, 2.05) is 18.2 Å². The van der Waals surface area contributed by atoms with Crippen molar-refractivity contribution < 1.29 is 29.0 Å². The van der Waals surface area contributed by atoms with E-state index in [0.717, 1.165) is 44.3 Å². The molecular formula is C41H47FN4O6. The van der Waals surface area contributed by atoms with E-state index in [1.54, 1.807) is 72.8 Å². The van der Waals surface area contributed by atoms with Crippen molar-refractivity contribution in [2.24, 2.45) is 0 Å². The number of benzene rings is 4. The first-order valence-corrected chi connectivity index (χ1v) is 17.3. The lowest BCUT2D eigenvalue weighted by atomic mass is 9.98. The number of nitrogens with zero attached hydrogens (tertiary/aromatic N) is 2. The van der Waals surface area contributed by atoms with Crippen LogP contribution >= 0.6 is 0 Å². The molecule has 1 heterocycles. The number of fused-ring (bicyclic) bond motifs is 1. The van der Waals surface area contributed by atoms with Gasteiger partial charge < -0.3 is 30.2 Å². The van der Waals surface area contributed by atoms with Gasteiger partial charge in [0, 0.05) is 30.5 Å². The van der Waals surface area contributed by atoms with Crippen LogP contribution in [0.15, 0.2) is 108 Å². The lowest BCUT2D eigenvalue weighted by Gasteiger charge is -2.24. The molecule has 0 aliphatic heterocycles. The Balaban J connectivity index is 0.000000236. The number of phenolic OH excluding ortho intramolecular Hbond substituents is 1. The predicted octanol–water partition coefficient (Wildman–Crippen LogP) is 6.49. The summed E-state index contributed by atoms with van der Waals surface area (Å²) in [5, 5.41) is 24.4. The molecule has 0 spiro atoms. The maximum Gasteiger partial charge on any atom is 0.248 e. The summed E-state index contributed by atoms with van der Waals surface area (Å²) < 4.78 is 20.4. The molecule has 0 radical (unpaired) electrons. The van der Waals surface area contributed by atoms with Gasteiger partial charge in [0.25, 0.3) is 0 Å². The Morgan fingerprint density at radius 1 is 0.962 bits per heavy atom. The normalized spacial score (nSPS) is 12.1. The van der Waals surface area contributed by atoms with Gasteiger partial charge in [-0.25, -0.2) is 0 Å². The van der Waals surface area contributed by atoms with Crippen LogP contribution in [0, 0.1) is 0 Å². The Hall–Kier alpha value is -5.36. The summed E-state index contributed by atoms with van der Waals surface area (Å²) in [7, 11) is 2.11. The van der Waals surface area contributed by atoms with E-state index >= 15 is 0 Å². The summed E-state index contributed by atoms with van der Waals surface area (Å²) in [4.78, 5) is 38.7. The minimum absolute atomic E-state index is 0.00616. The number of aliphatic hydroxyl groups excluding tert-OH is 1. The number of rotatable bonds is 16. The summed E-state index contributed by atoms with van der Waals surface area (Å²) in [6.07, 6.45) is 2.27. The van der Waals surface area contributed by atoms with Crippen LogP contribution in [-0.2, 0) is 11.4 Å². The monoisotopic (exact) mass is 710 g/mol. The third kappa shape index (κ3) is 11.3. The van der Waals surface area contributed by atoms with Crippen LogP contribution in [0.2, 0.25) is 0 Å². The number of aliphatic hydroxyl groups is 1. The van der Waals surface area contributed by atoms with Crippen molar-refractivity contribution in [3.63, 3.8) is 0 Å². The van der Waals surface area contributed by atoms with Crippen molar-refractivity contribution >= 4 is 23.1 Å². The van der Waals surface area contributed by atoms with Crippen molar-refractivity contribution in [3.8, 4) is 11.5 Å². The van der Waals surface area contributed by atoms with Crippen molar-refractivity contribution in [1.29, 1.82) is 0 Å². The first-order chi connectivity index (χ1) is 25.1. The van der Waals surface area contributed by atoms with Gasteiger partial charge >= 0.3 is 0 Å². The van der Waals surface area contributed by atoms with E-state index < -0.39 is 18.1 Å². The van der Waals surface area contributed by atoms with Gasteiger partial charge in [0.05, 0.1) is 11.6 Å². The number of aromatic nitrogens is 1. The second-order valence-electron chi connectivity index (χ2n) is 12.5. The summed E-state index contributed by atoms with van der Waals surface area (Å²) in [6.45, 7) is 7.07. The number of carbonyl (C=O) groups excluding carboxylic acids is 2. The predicted molar refractivity (Wildman–Crippen MR) is 201 cm³/mol. The Kier molecular flexibility index (Phi) is 15.1. The van der Waals surface area contributed by atoms with E-state index in [9.17, 15) is 29.1 Å². The molecule has 0 saturated carbocycles. The van der Waals surface area contributed by atoms with Gasteiger partial charge in [0.1, 0.15) is 30.4 Å². The first-order valence-electron chi connectivity index (χ1n) is 17.3. The number of pyridine rings is 1. The minimum Gasteiger partial charge on any atom is -0.506 e. The third-order valence-corrected chi connectivity index (χ3v) is 8.62. The van der Waals surface area contributed by atoms with Crippen LogP contribution < -0.4 is 15.6 Å². The van der Waals surface area contributed by atoms with Crippen molar-refractivity contribution in [3.05, 3.63) is 141 Å². The van der Waals surface area contributed by atoms with Crippen molar-refractivity contribution in [2.45, 2.75) is 45.4 Å². The Morgan fingerprint density at radius 2 is 1.69 bits per heavy atom. The lowest BCUT2D eigenvalue weighted by Crippen LogP contribution is -2.26. The number of aromatic hydroxyl groups is 1. The second-order valence-corrected chi connectivity index (χ2v) is 12.5. The van der Waals surface area contributed by atoms with E-state index in [-0.39, 0.29) is 16.4 Å². The smallest absolute Gasteiger partial charge is 0.248 e. The van der Waals surface area contributed by atoms with E-state index in [1.165, 1.54) is 19.1 Å². The number of hydrogen-bond donors (Lipinski definition) is 4. The highest BCUT2D eigenvalue weighted by Crippen LogP contribution is 2.32. The maximum atomic E-state index is 14.6. The molecule has 5 aromatic rings. The summed E-state index contributed by atoms with van der Waals surface area (Å²) in [5.41, 5.74) is 3.56. The number of H-pyrrole nitrogens is 1. The maximum absolute atomic E-state index is 14.6. The topological polar surface area (TPSA) is 135 Å². The molecule has 2 atom stereocenters. The number of halogens is 1. The number of carbonyl (C=O) groups is 2. The first kappa shape index (κ1) is 39.4. The van der Waals surface area contributed by atoms with Crippen LogP contribution in [0.1, 0.15) is 71.4 Å². The van der Waals surface area contributed by atoms with Gasteiger partial charge in [-0.15, -0.1) is 0 Å². The average molecular weight is 711 g/mol. The number of nitrogens with one attached hydrogen (secondary N) is 2. The van der Waals surface area contributed by atoms with Crippen LogP contribution in [0.4, 0.5) is 4.48 Å². The zero-order chi connectivity index (χ0) is 37.5. The Bertz CT molecular complexity index is 1940. The molecule has 0 aliphatic rings. The van der Waals surface area contributed by atoms with Crippen molar-refractivity contribution in [1.82, 2.24) is 20.3 Å². The fourth-order valence-electron chi connectivity index (χ4n) is 5.59. The molecule has 5 rings (SSSR count). The molecule has 11 heteroatoms. The highest BCUT2D eigenvalue weighted by atomic mass is 19.2. The largest absolute Gasteiger partial charge is 0.506 e. The number of aldehydes is 1. The third-order valence-electron chi connectivity index (χ3n) is 8.62. The van der Waals surface area contributed by atoms with Crippen LogP contribution in [0.25, 0.3) is 10.9 Å². The Labute approximate surface area is 303 Å². The molecule has 0 saturated heterocycles. The minimum atomic E-state index is -0.853. The van der Waals surface area contributed by atoms with Crippen molar-refractivity contribution in [2.75, 3.05) is 33.2 Å². The van der Waals surface area contributed by atoms with Gasteiger partial charge in [-0.3, -0.25) is 14.4 Å². The van der Waals surface area contributed by atoms with Gasteiger partial charge in [0.15, 0.2) is 0 Å². The standard InChI is InChI=1S/C23H20FNO3.C18H27N3O3/c1-17(27)25(24)23(20-6-3-2-4-7-20)21-8-5-9-22(14-21)28-16-19-12-10-18(15-26)11-13-19;1-3-21(2)11-5-4-10-19-12-16(23)13-6-8-15(22)18-14(13)7-9-17(24)20-18/h2-15,23H,16H2,1H3;6-9,16,19,22-23H,3-5,10-12H2,1-2H3,(H,20,24). The molecule has 0 fully saturated rings. The molecular weight excluding hydrogens is 663 g/mol. The molecule has 4 N–H and O–H groups in total. The number of unbranched alkanes of at least 4 members (excludes halogenated alkanes) is 1. The van der Waals surface area contributed by atoms with Gasteiger partial charge in [0.2, 0.25) is 11.5 Å². The zero-order valence-electron chi connectivity index (χ0n) is 29.8.